The van der Waals surface area contributed by atoms with E-state index in [1.165, 1.54) is 0 Å². The molecule has 5 heteroatoms. The van der Waals surface area contributed by atoms with Crippen LogP contribution in [-0.2, 0) is 0 Å². The van der Waals surface area contributed by atoms with Gasteiger partial charge >= 0.3 is 0 Å². The fraction of sp³-hybridized carbons (Fsp3) is 0.167. The number of benzene rings is 1. The Morgan fingerprint density at radius 2 is 2.24 bits per heavy atom. The molecule has 0 bridgehead atoms. The Hall–Kier alpha value is -2.30. The minimum Gasteiger partial charge on any atom is -0.468 e. The van der Waals surface area contributed by atoms with Crippen molar-refractivity contribution in [3.63, 3.8) is 0 Å². The van der Waals surface area contributed by atoms with Gasteiger partial charge in [0.2, 0.25) is 0 Å². The monoisotopic (exact) mass is 229 g/mol. The first kappa shape index (κ1) is 9.89. The maximum Gasteiger partial charge on any atom is 0.293 e. The Balaban J connectivity index is 2.10. The van der Waals surface area contributed by atoms with Crippen LogP contribution >= 0.6 is 0 Å². The number of methoxy groups -OCH3 is 1. The molecule has 0 unspecified atom stereocenters. The molecule has 0 amide bonds. The average Bonchev–Trinajstić information content (AvgIpc) is 2.92. The zero-order valence-corrected chi connectivity index (χ0v) is 9.52. The Labute approximate surface area is 97.5 Å². The molecular formula is C12H11N3O2. The molecule has 0 aliphatic carbocycles. The molecular weight excluding hydrogens is 218 g/mol. The van der Waals surface area contributed by atoms with Crippen LogP contribution in [-0.4, -0.2) is 22.1 Å². The summed E-state index contributed by atoms with van der Waals surface area (Å²) in [5.74, 6) is 0.666. The zero-order chi connectivity index (χ0) is 11.8. The van der Waals surface area contributed by atoms with Crippen molar-refractivity contribution >= 4 is 11.1 Å². The number of aromatic nitrogens is 3. The van der Waals surface area contributed by atoms with Crippen LogP contribution in [0.15, 0.2) is 28.8 Å². The van der Waals surface area contributed by atoms with Gasteiger partial charge in [0, 0.05) is 12.5 Å². The highest BCUT2D eigenvalue weighted by Gasteiger charge is 2.07. The summed E-state index contributed by atoms with van der Waals surface area (Å²) < 4.78 is 10.4. The summed E-state index contributed by atoms with van der Waals surface area (Å²) in [6.45, 7) is 1.83. The smallest absolute Gasteiger partial charge is 0.293 e. The third-order valence-electron chi connectivity index (χ3n) is 2.55. The highest BCUT2D eigenvalue weighted by atomic mass is 16.5. The first-order valence-electron chi connectivity index (χ1n) is 5.23. The highest BCUT2D eigenvalue weighted by molar-refractivity contribution is 5.79. The number of H-pyrrole nitrogens is 1. The molecule has 2 heterocycles. The van der Waals surface area contributed by atoms with Gasteiger partial charge in [-0.15, -0.1) is 0 Å². The van der Waals surface area contributed by atoms with Gasteiger partial charge in [0.15, 0.2) is 11.5 Å². The van der Waals surface area contributed by atoms with Crippen molar-refractivity contribution in [2.24, 2.45) is 0 Å². The molecule has 1 aromatic carbocycles. The summed E-state index contributed by atoms with van der Waals surface area (Å²) in [5, 5.41) is 0. The molecule has 17 heavy (non-hydrogen) atoms. The molecule has 3 aromatic rings. The Bertz CT molecular complexity index is 669. The van der Waals surface area contributed by atoms with Crippen molar-refractivity contribution in [3.05, 3.63) is 30.3 Å². The molecule has 0 saturated heterocycles. The van der Waals surface area contributed by atoms with Gasteiger partial charge in [0.1, 0.15) is 5.52 Å². The van der Waals surface area contributed by atoms with Gasteiger partial charge in [-0.25, -0.2) is 9.97 Å². The van der Waals surface area contributed by atoms with Crippen molar-refractivity contribution in [1.82, 2.24) is 15.0 Å². The first-order valence-corrected chi connectivity index (χ1v) is 5.23. The molecule has 0 aliphatic heterocycles. The van der Waals surface area contributed by atoms with Crippen LogP contribution in [0.3, 0.4) is 0 Å². The van der Waals surface area contributed by atoms with Crippen LogP contribution < -0.4 is 4.74 Å². The Kier molecular flexibility index (Phi) is 2.11. The third kappa shape index (κ3) is 1.65. The van der Waals surface area contributed by atoms with E-state index in [9.17, 15) is 0 Å². The maximum absolute atomic E-state index is 5.42. The number of imidazole rings is 1. The van der Waals surface area contributed by atoms with Crippen LogP contribution in [0.1, 0.15) is 5.89 Å². The topological polar surface area (TPSA) is 63.9 Å². The van der Waals surface area contributed by atoms with E-state index in [0.717, 1.165) is 22.4 Å². The van der Waals surface area contributed by atoms with Crippen molar-refractivity contribution in [1.29, 1.82) is 0 Å². The van der Waals surface area contributed by atoms with E-state index in [-0.39, 0.29) is 0 Å². The molecule has 86 valence electrons. The van der Waals surface area contributed by atoms with Gasteiger partial charge in [-0.3, -0.25) is 0 Å². The van der Waals surface area contributed by atoms with Gasteiger partial charge in [0.05, 0.1) is 19.0 Å². The number of oxazole rings is 1. The lowest BCUT2D eigenvalue weighted by Crippen LogP contribution is -1.83. The fourth-order valence-corrected chi connectivity index (χ4v) is 1.76. The molecule has 2 aromatic heterocycles. The largest absolute Gasteiger partial charge is 0.468 e. The molecule has 1 N–H and O–H groups in total. The Morgan fingerprint density at radius 3 is 3.00 bits per heavy atom. The first-order chi connectivity index (χ1) is 8.26. The number of hydrogen-bond acceptors (Lipinski definition) is 4. The number of aromatic amines is 1. The van der Waals surface area contributed by atoms with Crippen LogP contribution in [0.4, 0.5) is 0 Å². The number of aryl methyl sites for hydroxylation is 1. The molecule has 0 fully saturated rings. The molecule has 3 rings (SSSR count). The summed E-state index contributed by atoms with van der Waals surface area (Å²) in [6.07, 6.45) is 1.73. The lowest BCUT2D eigenvalue weighted by Gasteiger charge is -1.96. The number of fused-ring (bicyclic) bond motifs is 1. The van der Waals surface area contributed by atoms with E-state index in [0.29, 0.717) is 11.9 Å². The van der Waals surface area contributed by atoms with Gasteiger partial charge < -0.3 is 14.1 Å². The molecule has 0 aliphatic rings. The molecule has 0 spiro atoms. The van der Waals surface area contributed by atoms with Gasteiger partial charge in [-0.05, 0) is 18.2 Å². The van der Waals surface area contributed by atoms with Crippen molar-refractivity contribution < 1.29 is 9.15 Å². The maximum atomic E-state index is 5.42. The predicted molar refractivity (Wildman–Crippen MR) is 62.9 cm³/mol. The van der Waals surface area contributed by atoms with Crippen molar-refractivity contribution in [2.75, 3.05) is 7.11 Å². The lowest BCUT2D eigenvalue weighted by molar-refractivity contribution is 0.384. The highest BCUT2D eigenvalue weighted by Crippen LogP contribution is 2.24. The summed E-state index contributed by atoms with van der Waals surface area (Å²) in [6, 6.07) is 6.31. The van der Waals surface area contributed by atoms with Crippen LogP contribution in [0.5, 0.6) is 6.01 Å². The van der Waals surface area contributed by atoms with Crippen molar-refractivity contribution in [2.45, 2.75) is 6.92 Å². The molecule has 0 radical (unpaired) electrons. The quantitative estimate of drug-likeness (QED) is 0.733. The zero-order valence-electron chi connectivity index (χ0n) is 9.52. The van der Waals surface area contributed by atoms with Gasteiger partial charge in [0.25, 0.3) is 6.01 Å². The van der Waals surface area contributed by atoms with E-state index in [4.69, 9.17) is 9.15 Å². The third-order valence-corrected chi connectivity index (χ3v) is 2.55. The molecule has 0 saturated carbocycles. The normalized spacial score (nSPS) is 10.9. The van der Waals surface area contributed by atoms with Crippen LogP contribution in [0.25, 0.3) is 22.4 Å². The minimum absolute atomic E-state index is 0.497. The summed E-state index contributed by atoms with van der Waals surface area (Å²) >= 11 is 0. The number of ether oxygens (including phenoxy) is 1. The van der Waals surface area contributed by atoms with E-state index in [1.54, 1.807) is 13.3 Å². The number of rotatable bonds is 2. The molecule has 0 atom stereocenters. The van der Waals surface area contributed by atoms with E-state index < -0.39 is 0 Å². The fourth-order valence-electron chi connectivity index (χ4n) is 1.76. The van der Waals surface area contributed by atoms with E-state index in [1.807, 2.05) is 25.1 Å². The van der Waals surface area contributed by atoms with E-state index in [2.05, 4.69) is 15.0 Å². The second kappa shape index (κ2) is 3.62. The Morgan fingerprint density at radius 1 is 1.35 bits per heavy atom. The van der Waals surface area contributed by atoms with E-state index >= 15 is 0 Å². The number of hydrogen-bond donors (Lipinski definition) is 1. The second-order valence-corrected chi connectivity index (χ2v) is 3.72. The minimum atomic E-state index is 0.497. The standard InChI is InChI=1S/C12H11N3O2/c1-7-14-9-5-8(3-4-11(9)17-7)10-6-13-12(15-10)16-2/h3-6H,1-2H3,(H,13,15). The summed E-state index contributed by atoms with van der Waals surface area (Å²) in [7, 11) is 1.58. The summed E-state index contributed by atoms with van der Waals surface area (Å²) in [4.78, 5) is 11.4. The van der Waals surface area contributed by atoms with Gasteiger partial charge in [-0.1, -0.05) is 0 Å². The lowest BCUT2D eigenvalue weighted by atomic mass is 10.1. The van der Waals surface area contributed by atoms with Crippen molar-refractivity contribution in [3.8, 4) is 17.3 Å². The van der Waals surface area contributed by atoms with Crippen LogP contribution in [0.2, 0.25) is 0 Å². The predicted octanol–water partition coefficient (Wildman–Crippen LogP) is 2.53. The van der Waals surface area contributed by atoms with Gasteiger partial charge in [-0.2, -0.15) is 0 Å². The average molecular weight is 229 g/mol. The van der Waals surface area contributed by atoms with Crippen LogP contribution in [0, 0.1) is 6.92 Å². The molecule has 5 nitrogen and oxygen atoms in total. The SMILES string of the molecule is COc1ncc(-c2ccc3oc(C)nc3c2)[nH]1. The summed E-state index contributed by atoms with van der Waals surface area (Å²) in [5.41, 5.74) is 3.53. The number of nitrogens with zero attached hydrogens (tertiary/aromatic N) is 2. The number of nitrogens with one attached hydrogen (secondary N) is 1. The second-order valence-electron chi connectivity index (χ2n) is 3.72.